The molecule has 0 N–H and O–H groups in total. The molecule has 12 heteroatoms. The van der Waals surface area contributed by atoms with Gasteiger partial charge in [0.15, 0.2) is 0 Å². The second kappa shape index (κ2) is 13.0. The molecule has 0 aromatic carbocycles. The summed E-state index contributed by atoms with van der Waals surface area (Å²) in [6.07, 6.45) is 13.0. The fourth-order valence-electron chi connectivity index (χ4n) is 3.42. The Hall–Kier alpha value is -4.22. The van der Waals surface area contributed by atoms with Gasteiger partial charge in [-0.1, -0.05) is 48.6 Å². The van der Waals surface area contributed by atoms with E-state index in [1.165, 1.54) is 0 Å². The minimum atomic E-state index is -0.857. The van der Waals surface area contributed by atoms with Gasteiger partial charge < -0.3 is 0 Å². The molecule has 0 spiro atoms. The van der Waals surface area contributed by atoms with Gasteiger partial charge in [-0.15, -0.1) is 0 Å². The molecule has 0 atom stereocenters. The Labute approximate surface area is 206 Å². The largest absolute Gasteiger partial charge is 0.336 e. The van der Waals surface area contributed by atoms with Crippen LogP contribution in [0.2, 0.25) is 0 Å². The van der Waals surface area contributed by atoms with Gasteiger partial charge in [-0.3, -0.25) is 0 Å². The highest BCUT2D eigenvalue weighted by Crippen LogP contribution is 1.86. The highest BCUT2D eigenvalue weighted by Gasteiger charge is 2.17. The van der Waals surface area contributed by atoms with E-state index in [9.17, 15) is 28.8 Å². The molecule has 2 heterocycles. The van der Waals surface area contributed by atoms with Gasteiger partial charge in [0.2, 0.25) is 0 Å². The Kier molecular flexibility index (Phi) is 10.1. The average molecular weight is 501 g/mol. The number of rotatable bonds is 11. The third-order valence-electron chi connectivity index (χ3n) is 5.41. The number of hydrogen-bond acceptors (Lipinski definition) is 6. The van der Waals surface area contributed by atoms with Crippen LogP contribution in [0.4, 0.5) is 0 Å². The van der Waals surface area contributed by atoms with Crippen molar-refractivity contribution in [1.82, 2.24) is 27.4 Å². The van der Waals surface area contributed by atoms with Crippen molar-refractivity contribution in [2.75, 3.05) is 0 Å². The first-order valence-corrected chi connectivity index (χ1v) is 11.6. The lowest BCUT2D eigenvalue weighted by molar-refractivity contribution is 0.416. The van der Waals surface area contributed by atoms with Crippen LogP contribution in [-0.4, -0.2) is 27.4 Å². The smallest absolute Gasteiger partial charge is 0.247 e. The average Bonchev–Trinajstić information content (AvgIpc) is 2.85. The monoisotopic (exact) mass is 500 g/mol. The van der Waals surface area contributed by atoms with Gasteiger partial charge in [-0.25, -0.2) is 56.2 Å². The molecule has 194 valence electrons. The van der Waals surface area contributed by atoms with Gasteiger partial charge in [0.1, 0.15) is 0 Å². The summed E-state index contributed by atoms with van der Waals surface area (Å²) in [7, 11) is 0. The first-order chi connectivity index (χ1) is 17.2. The standard InChI is InChI=1S/C24H32N6O6/c1-5-9-13-25-19(31)26(14-10-6-2)22(34)29(21(25)33)17-18-30-23(35)27(15-11-7-3)20(32)28(24(30)36)16-12-8-4/h5-12H,13-18H2,1-4H3. The number of allylic oxidation sites excluding steroid dienone is 8. The van der Waals surface area contributed by atoms with Crippen molar-refractivity contribution in [3.63, 3.8) is 0 Å². The zero-order valence-corrected chi connectivity index (χ0v) is 21.0. The van der Waals surface area contributed by atoms with Crippen LogP contribution >= 0.6 is 0 Å². The van der Waals surface area contributed by atoms with Crippen LogP contribution in [0.5, 0.6) is 0 Å². The van der Waals surface area contributed by atoms with Gasteiger partial charge in [-0.2, -0.15) is 0 Å². The summed E-state index contributed by atoms with van der Waals surface area (Å²) in [5, 5.41) is 0. The van der Waals surface area contributed by atoms with E-state index in [4.69, 9.17) is 0 Å². The molecule has 0 bridgehead atoms. The highest BCUT2D eigenvalue weighted by molar-refractivity contribution is 4.90. The number of nitrogens with zero attached hydrogens (tertiary/aromatic N) is 6. The fraction of sp³-hybridized carbons (Fsp3) is 0.417. The highest BCUT2D eigenvalue weighted by atomic mass is 16.2. The maximum Gasteiger partial charge on any atom is 0.336 e. The van der Waals surface area contributed by atoms with E-state index < -0.39 is 34.1 Å². The maximum absolute atomic E-state index is 13.0. The van der Waals surface area contributed by atoms with Crippen molar-refractivity contribution in [1.29, 1.82) is 0 Å². The topological polar surface area (TPSA) is 132 Å². The van der Waals surface area contributed by atoms with E-state index in [0.717, 1.165) is 27.4 Å². The van der Waals surface area contributed by atoms with Crippen LogP contribution in [0.3, 0.4) is 0 Å². The van der Waals surface area contributed by atoms with Crippen molar-refractivity contribution in [2.45, 2.75) is 67.0 Å². The summed E-state index contributed by atoms with van der Waals surface area (Å²) in [4.78, 5) is 77.6. The van der Waals surface area contributed by atoms with Gasteiger partial charge in [0.25, 0.3) is 0 Å². The molecule has 0 aliphatic carbocycles. The summed E-state index contributed by atoms with van der Waals surface area (Å²) in [5.41, 5.74) is -4.95. The summed E-state index contributed by atoms with van der Waals surface area (Å²) in [5.74, 6) is 0. The predicted molar refractivity (Wildman–Crippen MR) is 138 cm³/mol. The third-order valence-corrected chi connectivity index (χ3v) is 5.41. The minimum Gasteiger partial charge on any atom is -0.247 e. The second-order valence-corrected chi connectivity index (χ2v) is 7.72. The molecule has 0 saturated heterocycles. The van der Waals surface area contributed by atoms with Crippen molar-refractivity contribution in [3.05, 3.63) is 112 Å². The van der Waals surface area contributed by atoms with Crippen LogP contribution in [0.15, 0.2) is 77.4 Å². The zero-order chi connectivity index (χ0) is 26.8. The zero-order valence-electron chi connectivity index (χ0n) is 21.0. The normalized spacial score (nSPS) is 12.2. The van der Waals surface area contributed by atoms with Crippen LogP contribution in [0.1, 0.15) is 27.7 Å². The fourth-order valence-corrected chi connectivity index (χ4v) is 3.42. The summed E-state index contributed by atoms with van der Waals surface area (Å²) >= 11 is 0. The van der Waals surface area contributed by atoms with E-state index >= 15 is 0 Å². The van der Waals surface area contributed by atoms with E-state index in [1.807, 2.05) is 0 Å². The molecule has 2 aromatic rings. The molecule has 0 aliphatic rings. The van der Waals surface area contributed by atoms with Crippen molar-refractivity contribution in [3.8, 4) is 0 Å². The Balaban J connectivity index is 2.72. The molecular weight excluding hydrogens is 468 g/mol. The van der Waals surface area contributed by atoms with E-state index in [0.29, 0.717) is 0 Å². The molecule has 36 heavy (non-hydrogen) atoms. The van der Waals surface area contributed by atoms with E-state index in [-0.39, 0.29) is 39.3 Å². The summed E-state index contributed by atoms with van der Waals surface area (Å²) in [6, 6.07) is 0. The Morgan fingerprint density at radius 3 is 0.778 bits per heavy atom. The van der Waals surface area contributed by atoms with Crippen LogP contribution < -0.4 is 34.1 Å². The van der Waals surface area contributed by atoms with Crippen molar-refractivity contribution < 1.29 is 0 Å². The van der Waals surface area contributed by atoms with Gasteiger partial charge in [0.05, 0.1) is 39.3 Å². The molecular formula is C24H32N6O6. The van der Waals surface area contributed by atoms with Crippen LogP contribution in [0.25, 0.3) is 0 Å². The van der Waals surface area contributed by atoms with Gasteiger partial charge in [0, 0.05) is 0 Å². The maximum atomic E-state index is 13.0. The molecule has 0 aliphatic heterocycles. The van der Waals surface area contributed by atoms with Crippen LogP contribution in [-0.2, 0) is 39.3 Å². The second-order valence-electron chi connectivity index (χ2n) is 7.72. The predicted octanol–water partition coefficient (Wildman–Crippen LogP) is -0.339. The molecule has 2 rings (SSSR count). The van der Waals surface area contributed by atoms with Gasteiger partial charge >= 0.3 is 34.1 Å². The molecule has 2 aromatic heterocycles. The molecule has 0 saturated carbocycles. The lowest BCUT2D eigenvalue weighted by atomic mass is 10.5. The summed E-state index contributed by atoms with van der Waals surface area (Å²) in [6.45, 7) is 6.02. The SMILES string of the molecule is CC=CCn1c(=O)n(CC=CC)c(=O)n(CCn2c(=O)n(CC=CC)c(=O)n(CC=CC)c2=O)c1=O. The molecule has 0 unspecified atom stereocenters. The Bertz CT molecular complexity index is 1330. The van der Waals surface area contributed by atoms with Crippen molar-refractivity contribution >= 4 is 0 Å². The van der Waals surface area contributed by atoms with E-state index in [2.05, 4.69) is 0 Å². The van der Waals surface area contributed by atoms with Crippen molar-refractivity contribution in [2.24, 2.45) is 0 Å². The molecule has 12 nitrogen and oxygen atoms in total. The number of aromatic nitrogens is 6. The van der Waals surface area contributed by atoms with E-state index in [1.54, 1.807) is 76.3 Å². The molecule has 0 fully saturated rings. The third kappa shape index (κ3) is 5.88. The number of hydrogen-bond donors (Lipinski definition) is 0. The lowest BCUT2D eigenvalue weighted by Crippen LogP contribution is -2.57. The van der Waals surface area contributed by atoms with Crippen LogP contribution in [0, 0.1) is 0 Å². The first kappa shape index (κ1) is 28.0. The molecule has 0 amide bonds. The lowest BCUT2D eigenvalue weighted by Gasteiger charge is -2.14. The minimum absolute atomic E-state index is 0.0470. The molecule has 0 radical (unpaired) electrons. The van der Waals surface area contributed by atoms with Gasteiger partial charge in [-0.05, 0) is 27.7 Å². The first-order valence-electron chi connectivity index (χ1n) is 11.6. The Morgan fingerprint density at radius 2 is 0.583 bits per heavy atom. The summed E-state index contributed by atoms with van der Waals surface area (Å²) < 4.78 is 5.27. The quantitative estimate of drug-likeness (QED) is 0.388. The Morgan fingerprint density at radius 1 is 0.389 bits per heavy atom.